The number of carbonyl (C=O) groups is 1. The molecule has 62 valence electrons. The number of urea groups is 1. The molecule has 10 heavy (non-hydrogen) atoms. The van der Waals surface area contributed by atoms with Crippen LogP contribution in [0.15, 0.2) is 0 Å². The summed E-state index contributed by atoms with van der Waals surface area (Å²) >= 11 is 0. The molecule has 0 heterocycles. The Hall–Kier alpha value is -0.850. The number of aliphatic hydroxyl groups is 1. The van der Waals surface area contributed by atoms with Gasteiger partial charge in [0.25, 0.3) is 0 Å². The normalized spacial score (nSPS) is 7.50. The molecule has 0 aromatic carbocycles. The van der Waals surface area contributed by atoms with E-state index in [1.54, 1.807) is 0 Å². The third-order valence-corrected chi connectivity index (χ3v) is 0.634. The molecule has 6 heteroatoms. The fourth-order valence-corrected chi connectivity index (χ4v) is 0.291. The van der Waals surface area contributed by atoms with Crippen molar-refractivity contribution in [2.24, 2.45) is 17.4 Å². The lowest BCUT2D eigenvalue weighted by atomic mass is 10.5. The maximum atomic E-state index is 9.90. The second-order valence-corrected chi connectivity index (χ2v) is 1.37. The summed E-state index contributed by atoms with van der Waals surface area (Å²) in [6, 6.07) is -0.543. The highest BCUT2D eigenvalue weighted by Crippen LogP contribution is 1.68. The average Bonchev–Trinajstić information content (AvgIpc) is 1.92. The number of amides is 2. The van der Waals surface area contributed by atoms with Gasteiger partial charge in [-0.2, -0.15) is 0 Å². The van der Waals surface area contributed by atoms with E-state index in [2.05, 4.69) is 17.0 Å². The standard InChI is InChI=1S/C4H10N2O2.H4N2/c5-4(8)6-2-1-3-7;1-2/h7H,1-3H2,(H3,5,6,8);1-2H2. The van der Waals surface area contributed by atoms with Crippen LogP contribution in [0.3, 0.4) is 0 Å². The first-order valence-corrected chi connectivity index (χ1v) is 2.75. The van der Waals surface area contributed by atoms with Crippen molar-refractivity contribution in [2.75, 3.05) is 13.2 Å². The van der Waals surface area contributed by atoms with Crippen LogP contribution in [0.1, 0.15) is 6.42 Å². The van der Waals surface area contributed by atoms with Crippen molar-refractivity contribution < 1.29 is 9.90 Å². The van der Waals surface area contributed by atoms with Crippen LogP contribution in [0.4, 0.5) is 4.79 Å². The van der Waals surface area contributed by atoms with E-state index in [1.807, 2.05) is 0 Å². The van der Waals surface area contributed by atoms with E-state index in [-0.39, 0.29) is 6.61 Å². The Kier molecular flexibility index (Phi) is 13.1. The molecule has 2 amide bonds. The zero-order valence-electron chi connectivity index (χ0n) is 5.71. The summed E-state index contributed by atoms with van der Waals surface area (Å²) in [5, 5.41) is 10.5. The van der Waals surface area contributed by atoms with E-state index >= 15 is 0 Å². The number of aliphatic hydroxyl groups excluding tert-OH is 1. The summed E-state index contributed by atoms with van der Waals surface area (Å²) in [7, 11) is 0. The van der Waals surface area contributed by atoms with Gasteiger partial charge in [-0.25, -0.2) is 4.79 Å². The van der Waals surface area contributed by atoms with Crippen molar-refractivity contribution in [3.05, 3.63) is 0 Å². The number of nitrogens with one attached hydrogen (secondary N) is 1. The molecule has 0 aromatic rings. The Bertz CT molecular complexity index is 77.7. The summed E-state index contributed by atoms with van der Waals surface area (Å²) in [6.07, 6.45) is 0.558. The van der Waals surface area contributed by atoms with Gasteiger partial charge in [-0.3, -0.25) is 11.7 Å². The largest absolute Gasteiger partial charge is 0.396 e. The molecule has 6 nitrogen and oxygen atoms in total. The highest BCUT2D eigenvalue weighted by molar-refractivity contribution is 5.71. The van der Waals surface area contributed by atoms with Crippen LogP contribution in [0, 0.1) is 0 Å². The van der Waals surface area contributed by atoms with Crippen molar-refractivity contribution in [3.8, 4) is 0 Å². The number of hydrazine groups is 1. The zero-order chi connectivity index (χ0) is 8.41. The van der Waals surface area contributed by atoms with E-state index in [0.717, 1.165) is 0 Å². The van der Waals surface area contributed by atoms with Crippen LogP contribution >= 0.6 is 0 Å². The topological polar surface area (TPSA) is 127 Å². The number of nitrogens with two attached hydrogens (primary N) is 3. The number of hydrogen-bond acceptors (Lipinski definition) is 4. The Balaban J connectivity index is 0. The number of hydrogen-bond donors (Lipinski definition) is 5. The molecule has 0 aliphatic carbocycles. The molecule has 0 aromatic heterocycles. The number of rotatable bonds is 3. The molecule has 0 aliphatic rings. The monoisotopic (exact) mass is 150 g/mol. The molecular formula is C4H14N4O2. The fourth-order valence-electron chi connectivity index (χ4n) is 0.291. The van der Waals surface area contributed by atoms with Crippen LogP contribution in [0.2, 0.25) is 0 Å². The molecule has 0 fully saturated rings. The molecular weight excluding hydrogens is 136 g/mol. The lowest BCUT2D eigenvalue weighted by Gasteiger charge is -1.95. The molecule has 0 bridgehead atoms. The Morgan fingerprint density at radius 1 is 1.50 bits per heavy atom. The van der Waals surface area contributed by atoms with Gasteiger partial charge in [0.05, 0.1) is 0 Å². The minimum absolute atomic E-state index is 0.0836. The van der Waals surface area contributed by atoms with Gasteiger partial charge in [0.15, 0.2) is 0 Å². The first kappa shape index (κ1) is 11.9. The third kappa shape index (κ3) is 15.7. The minimum Gasteiger partial charge on any atom is -0.396 e. The van der Waals surface area contributed by atoms with Crippen molar-refractivity contribution in [1.82, 2.24) is 5.32 Å². The summed E-state index contributed by atoms with van der Waals surface area (Å²) < 4.78 is 0. The molecule has 0 aliphatic heterocycles. The smallest absolute Gasteiger partial charge is 0.312 e. The molecule has 8 N–H and O–H groups in total. The molecule has 0 saturated carbocycles. The van der Waals surface area contributed by atoms with E-state index < -0.39 is 6.03 Å². The van der Waals surface area contributed by atoms with E-state index in [1.165, 1.54) is 0 Å². The van der Waals surface area contributed by atoms with Gasteiger partial charge in [-0.1, -0.05) is 0 Å². The van der Waals surface area contributed by atoms with Crippen molar-refractivity contribution in [3.63, 3.8) is 0 Å². The molecule has 0 spiro atoms. The van der Waals surface area contributed by atoms with Gasteiger partial charge in [-0.05, 0) is 6.42 Å². The molecule has 0 saturated heterocycles. The number of primary amides is 1. The highest BCUT2D eigenvalue weighted by Gasteiger charge is 1.86. The maximum absolute atomic E-state index is 9.90. The Labute approximate surface area is 59.3 Å². The van der Waals surface area contributed by atoms with Crippen molar-refractivity contribution in [1.29, 1.82) is 0 Å². The lowest BCUT2D eigenvalue weighted by Crippen LogP contribution is -2.30. The minimum atomic E-state index is -0.543. The predicted molar refractivity (Wildman–Crippen MR) is 37.7 cm³/mol. The van der Waals surface area contributed by atoms with Crippen LogP contribution < -0.4 is 22.7 Å². The van der Waals surface area contributed by atoms with Crippen molar-refractivity contribution in [2.45, 2.75) is 6.42 Å². The Morgan fingerprint density at radius 2 is 2.00 bits per heavy atom. The van der Waals surface area contributed by atoms with Gasteiger partial charge >= 0.3 is 6.03 Å². The first-order chi connectivity index (χ1) is 4.77. The van der Waals surface area contributed by atoms with Gasteiger partial charge in [-0.15, -0.1) is 0 Å². The first-order valence-electron chi connectivity index (χ1n) is 2.75. The molecule has 0 rings (SSSR count). The maximum Gasteiger partial charge on any atom is 0.312 e. The van der Waals surface area contributed by atoms with Crippen molar-refractivity contribution >= 4 is 6.03 Å². The van der Waals surface area contributed by atoms with Crippen LogP contribution in [0.25, 0.3) is 0 Å². The predicted octanol–water partition coefficient (Wildman–Crippen LogP) is -2.14. The van der Waals surface area contributed by atoms with Crippen LogP contribution in [-0.4, -0.2) is 24.3 Å². The van der Waals surface area contributed by atoms with E-state index in [0.29, 0.717) is 13.0 Å². The summed E-state index contributed by atoms with van der Waals surface area (Å²) in [5.74, 6) is 8.00. The van der Waals surface area contributed by atoms with Gasteiger partial charge in [0.1, 0.15) is 0 Å². The summed E-state index contributed by atoms with van der Waals surface area (Å²) in [4.78, 5) is 9.90. The number of carbonyl (C=O) groups excluding carboxylic acids is 1. The van der Waals surface area contributed by atoms with E-state index in [9.17, 15) is 4.79 Å². The average molecular weight is 150 g/mol. The fraction of sp³-hybridized carbons (Fsp3) is 0.750. The summed E-state index contributed by atoms with van der Waals surface area (Å²) in [5.41, 5.74) is 4.70. The molecule has 0 unspecified atom stereocenters. The molecule has 0 atom stereocenters. The van der Waals surface area contributed by atoms with Gasteiger partial charge in [0.2, 0.25) is 0 Å². The van der Waals surface area contributed by atoms with Crippen LogP contribution in [0.5, 0.6) is 0 Å². The van der Waals surface area contributed by atoms with Gasteiger partial charge in [0, 0.05) is 13.2 Å². The third-order valence-electron chi connectivity index (χ3n) is 0.634. The SMILES string of the molecule is NC(=O)NCCCO.NN. The second-order valence-electron chi connectivity index (χ2n) is 1.37. The lowest BCUT2D eigenvalue weighted by molar-refractivity contribution is 0.246. The quantitative estimate of drug-likeness (QED) is 0.178. The second kappa shape index (κ2) is 11.0. The highest BCUT2D eigenvalue weighted by atomic mass is 16.3. The van der Waals surface area contributed by atoms with Crippen LogP contribution in [-0.2, 0) is 0 Å². The summed E-state index contributed by atoms with van der Waals surface area (Å²) in [6.45, 7) is 0.534. The molecule has 0 radical (unpaired) electrons. The Morgan fingerprint density at radius 3 is 2.30 bits per heavy atom. The van der Waals surface area contributed by atoms with E-state index in [4.69, 9.17) is 10.8 Å². The van der Waals surface area contributed by atoms with Gasteiger partial charge < -0.3 is 16.2 Å². The zero-order valence-corrected chi connectivity index (χ0v) is 5.71.